The molecule has 5 heteroatoms. The average Bonchev–Trinajstić information content (AvgIpc) is 3.11. The van der Waals surface area contributed by atoms with Crippen molar-refractivity contribution < 1.29 is 9.34 Å². The Labute approximate surface area is 152 Å². The largest absolute Gasteiger partial charge is 0.436 e. The molecule has 1 aromatic heterocycles. The summed E-state index contributed by atoms with van der Waals surface area (Å²) in [6, 6.07) is 12.9. The number of nitrogens with zero attached hydrogens (tertiary/aromatic N) is 2. The number of rotatable bonds is 4. The van der Waals surface area contributed by atoms with Crippen LogP contribution in [0, 0.1) is 16.0 Å². The molecular weight excluding hydrogens is 328 g/mol. The van der Waals surface area contributed by atoms with Gasteiger partial charge in [-0.25, -0.2) is 4.98 Å². The summed E-state index contributed by atoms with van der Waals surface area (Å²) < 4.78 is 5.77. The van der Waals surface area contributed by atoms with Gasteiger partial charge in [-0.15, -0.1) is 0 Å². The number of oxazole rings is 1. The topological polar surface area (TPSA) is 69.2 Å². The maximum Gasteiger partial charge on any atom is 0.271 e. The number of fused-ring (bicyclic) bond motifs is 1. The zero-order chi connectivity index (χ0) is 18.1. The number of aromatic nitrogens is 1. The first-order valence-corrected chi connectivity index (χ1v) is 9.29. The molecule has 2 aromatic carbocycles. The maximum atomic E-state index is 10.9. The molecular formula is C21H22N2O3. The average molecular weight is 350 g/mol. The van der Waals surface area contributed by atoms with Crippen LogP contribution in [0.3, 0.4) is 0 Å². The summed E-state index contributed by atoms with van der Waals surface area (Å²) >= 11 is 0. The van der Waals surface area contributed by atoms with E-state index in [9.17, 15) is 10.1 Å². The molecule has 4 rings (SSSR count). The summed E-state index contributed by atoms with van der Waals surface area (Å²) in [7, 11) is 0. The third-order valence-electron chi connectivity index (χ3n) is 5.64. The van der Waals surface area contributed by atoms with Crippen molar-refractivity contribution in [2.45, 2.75) is 44.9 Å². The molecule has 134 valence electrons. The lowest BCUT2D eigenvalue weighted by Crippen LogP contribution is -2.12. The molecule has 1 heterocycles. The molecule has 0 N–H and O–H groups in total. The van der Waals surface area contributed by atoms with Crippen molar-refractivity contribution in [1.82, 2.24) is 4.98 Å². The predicted octanol–water partition coefficient (Wildman–Crippen LogP) is 6.09. The first-order valence-electron chi connectivity index (χ1n) is 9.29. The molecule has 26 heavy (non-hydrogen) atoms. The lowest BCUT2D eigenvalue weighted by Gasteiger charge is -2.28. The molecule has 5 nitrogen and oxygen atoms in total. The van der Waals surface area contributed by atoms with E-state index in [1.807, 2.05) is 12.1 Å². The van der Waals surface area contributed by atoms with E-state index < -0.39 is 4.92 Å². The molecule has 0 amide bonds. The highest BCUT2D eigenvalue weighted by Crippen LogP contribution is 2.37. The van der Waals surface area contributed by atoms with Gasteiger partial charge in [-0.3, -0.25) is 10.1 Å². The van der Waals surface area contributed by atoms with Crippen LogP contribution >= 0.6 is 0 Å². The van der Waals surface area contributed by atoms with Gasteiger partial charge in [0, 0.05) is 17.7 Å². The van der Waals surface area contributed by atoms with Gasteiger partial charge in [0.15, 0.2) is 5.58 Å². The molecule has 0 atom stereocenters. The Morgan fingerprint density at radius 2 is 1.85 bits per heavy atom. The minimum absolute atomic E-state index is 0.0235. The summed E-state index contributed by atoms with van der Waals surface area (Å²) in [5.74, 6) is 2.05. The molecule has 0 aliphatic heterocycles. The van der Waals surface area contributed by atoms with Crippen LogP contribution in [0.4, 0.5) is 5.69 Å². The Balaban J connectivity index is 1.55. The van der Waals surface area contributed by atoms with Gasteiger partial charge in [-0.1, -0.05) is 25.5 Å². The van der Waals surface area contributed by atoms with Crippen LogP contribution in [0.25, 0.3) is 22.6 Å². The van der Waals surface area contributed by atoms with Crippen LogP contribution in [-0.2, 0) is 0 Å². The van der Waals surface area contributed by atoms with Crippen molar-refractivity contribution >= 4 is 16.8 Å². The summed E-state index contributed by atoms with van der Waals surface area (Å²) in [6.45, 7) is 2.29. The summed E-state index contributed by atoms with van der Waals surface area (Å²) in [5, 5.41) is 10.9. The first-order chi connectivity index (χ1) is 12.6. The summed E-state index contributed by atoms with van der Waals surface area (Å²) in [6.07, 6.45) is 6.48. The molecule has 1 fully saturated rings. The fraction of sp³-hybridized carbons (Fsp3) is 0.381. The summed E-state index contributed by atoms with van der Waals surface area (Å²) in [4.78, 5) is 14.9. The SMILES string of the molecule is CC[C@H]1CC[C@H](c2ccc(-c3nc4cc([N+](=O)[O-])ccc4o3)cc2)CC1. The van der Waals surface area contributed by atoms with Crippen molar-refractivity contribution in [3.8, 4) is 11.5 Å². The van der Waals surface area contributed by atoms with Crippen LogP contribution in [0.2, 0.25) is 0 Å². The van der Waals surface area contributed by atoms with Gasteiger partial charge in [-0.2, -0.15) is 0 Å². The van der Waals surface area contributed by atoms with Gasteiger partial charge in [0.05, 0.1) is 4.92 Å². The number of benzene rings is 2. The molecule has 3 aromatic rings. The third-order valence-corrected chi connectivity index (χ3v) is 5.64. The Morgan fingerprint density at radius 1 is 1.12 bits per heavy atom. The fourth-order valence-electron chi connectivity index (χ4n) is 3.95. The highest BCUT2D eigenvalue weighted by molar-refractivity contribution is 5.78. The van der Waals surface area contributed by atoms with Crippen molar-refractivity contribution in [3.05, 3.63) is 58.1 Å². The molecule has 0 radical (unpaired) electrons. The van der Waals surface area contributed by atoms with E-state index in [1.165, 1.54) is 49.8 Å². The number of nitro benzene ring substituents is 1. The van der Waals surface area contributed by atoms with Crippen molar-refractivity contribution in [2.24, 2.45) is 5.92 Å². The van der Waals surface area contributed by atoms with Gasteiger partial charge in [-0.05, 0) is 61.3 Å². The van der Waals surface area contributed by atoms with Crippen molar-refractivity contribution in [3.63, 3.8) is 0 Å². The van der Waals surface area contributed by atoms with E-state index in [4.69, 9.17) is 4.42 Å². The van der Waals surface area contributed by atoms with Gasteiger partial charge >= 0.3 is 0 Å². The van der Waals surface area contributed by atoms with Gasteiger partial charge in [0.25, 0.3) is 5.69 Å². The Kier molecular flexibility index (Phi) is 4.45. The van der Waals surface area contributed by atoms with Crippen molar-refractivity contribution in [1.29, 1.82) is 0 Å². The van der Waals surface area contributed by atoms with Crippen LogP contribution in [0.5, 0.6) is 0 Å². The normalized spacial score (nSPS) is 20.3. The third kappa shape index (κ3) is 3.21. The van der Waals surface area contributed by atoms with Gasteiger partial charge < -0.3 is 4.42 Å². The minimum atomic E-state index is -0.421. The van der Waals surface area contributed by atoms with E-state index in [2.05, 4.69) is 24.0 Å². The number of hydrogen-bond donors (Lipinski definition) is 0. The fourth-order valence-corrected chi connectivity index (χ4v) is 3.95. The summed E-state index contributed by atoms with van der Waals surface area (Å²) in [5.41, 5.74) is 3.38. The van der Waals surface area contributed by atoms with E-state index in [-0.39, 0.29) is 5.69 Å². The highest BCUT2D eigenvalue weighted by atomic mass is 16.6. The maximum absolute atomic E-state index is 10.9. The van der Waals surface area contributed by atoms with Crippen molar-refractivity contribution in [2.75, 3.05) is 0 Å². The van der Waals surface area contributed by atoms with E-state index in [0.717, 1.165) is 11.5 Å². The standard InChI is InChI=1S/C21H22N2O3/c1-2-14-3-5-15(6-4-14)16-7-9-17(10-8-16)21-22-19-13-18(23(24)25)11-12-20(19)26-21/h7-15H,2-6H2,1H3/t14-,15-. The molecule has 0 spiro atoms. The smallest absolute Gasteiger partial charge is 0.271 e. The second-order valence-electron chi connectivity index (χ2n) is 7.18. The predicted molar refractivity (Wildman–Crippen MR) is 101 cm³/mol. The second kappa shape index (κ2) is 6.90. The Morgan fingerprint density at radius 3 is 2.50 bits per heavy atom. The first kappa shape index (κ1) is 16.8. The molecule has 0 saturated heterocycles. The van der Waals surface area contributed by atoms with Crippen LogP contribution < -0.4 is 0 Å². The molecule has 1 aliphatic rings. The van der Waals surface area contributed by atoms with Gasteiger partial charge in [0.1, 0.15) is 5.52 Å². The molecule has 1 aliphatic carbocycles. The quantitative estimate of drug-likeness (QED) is 0.422. The van der Waals surface area contributed by atoms with Crippen LogP contribution in [0.1, 0.15) is 50.5 Å². The second-order valence-corrected chi connectivity index (χ2v) is 7.18. The van der Waals surface area contributed by atoms with Crippen LogP contribution in [0.15, 0.2) is 46.9 Å². The highest BCUT2D eigenvalue weighted by Gasteiger charge is 2.21. The van der Waals surface area contributed by atoms with Gasteiger partial charge in [0.2, 0.25) is 5.89 Å². The minimum Gasteiger partial charge on any atom is -0.436 e. The number of non-ortho nitro benzene ring substituents is 1. The Bertz CT molecular complexity index is 922. The molecule has 0 unspecified atom stereocenters. The Hall–Kier alpha value is -2.69. The number of hydrogen-bond acceptors (Lipinski definition) is 4. The molecule has 1 saturated carbocycles. The zero-order valence-corrected chi connectivity index (χ0v) is 14.9. The van der Waals surface area contributed by atoms with E-state index in [1.54, 1.807) is 6.07 Å². The van der Waals surface area contributed by atoms with E-state index in [0.29, 0.717) is 22.9 Å². The number of nitro groups is 1. The lowest BCUT2D eigenvalue weighted by atomic mass is 9.78. The monoisotopic (exact) mass is 350 g/mol. The molecule has 0 bridgehead atoms. The zero-order valence-electron chi connectivity index (χ0n) is 14.9. The lowest BCUT2D eigenvalue weighted by molar-refractivity contribution is -0.384. The van der Waals surface area contributed by atoms with E-state index >= 15 is 0 Å². The van der Waals surface area contributed by atoms with Crippen LogP contribution in [-0.4, -0.2) is 9.91 Å².